The van der Waals surface area contributed by atoms with Crippen LogP contribution >= 0.6 is 0 Å². The van der Waals surface area contributed by atoms with E-state index >= 15 is 0 Å². The summed E-state index contributed by atoms with van der Waals surface area (Å²) in [6.45, 7) is 4.22. The van der Waals surface area contributed by atoms with E-state index in [0.29, 0.717) is 18.7 Å². The molecule has 0 fully saturated rings. The third-order valence-electron chi connectivity index (χ3n) is 4.54. The van der Waals surface area contributed by atoms with Crippen LogP contribution < -0.4 is 21.3 Å². The number of fused-ring (bicyclic) bond motifs is 1. The van der Waals surface area contributed by atoms with Gasteiger partial charge in [-0.2, -0.15) is 0 Å². The van der Waals surface area contributed by atoms with Crippen molar-refractivity contribution < 1.29 is 9.59 Å². The Morgan fingerprint density at radius 3 is 2.78 bits per heavy atom. The van der Waals surface area contributed by atoms with Crippen molar-refractivity contribution in [2.45, 2.75) is 45.3 Å². The van der Waals surface area contributed by atoms with E-state index in [4.69, 9.17) is 5.73 Å². The molecule has 1 aliphatic rings. The first-order valence-corrected chi connectivity index (χ1v) is 9.25. The van der Waals surface area contributed by atoms with E-state index in [0.717, 1.165) is 23.2 Å². The number of anilines is 2. The van der Waals surface area contributed by atoms with Crippen molar-refractivity contribution in [3.63, 3.8) is 0 Å². The Hall–Kier alpha value is -2.86. The molecule has 6 heteroatoms. The molecule has 0 saturated heterocycles. The average molecular weight is 366 g/mol. The summed E-state index contributed by atoms with van der Waals surface area (Å²) in [6.07, 6.45) is 1.43. The molecule has 0 bridgehead atoms. The fourth-order valence-electron chi connectivity index (χ4n) is 3.26. The maximum Gasteiger partial charge on any atom is 0.319 e. The highest BCUT2D eigenvalue weighted by molar-refractivity contribution is 5.98. The smallest absolute Gasteiger partial charge is 0.319 e. The van der Waals surface area contributed by atoms with Crippen LogP contribution in [0.2, 0.25) is 0 Å². The van der Waals surface area contributed by atoms with Crippen LogP contribution in [0.15, 0.2) is 48.5 Å². The number of rotatable bonds is 4. The normalized spacial score (nSPS) is 16.7. The quantitative estimate of drug-likeness (QED) is 0.777. The lowest BCUT2D eigenvalue weighted by Crippen LogP contribution is -2.42. The molecule has 3 rings (SSSR count). The van der Waals surface area contributed by atoms with Crippen molar-refractivity contribution in [3.8, 4) is 0 Å². The van der Waals surface area contributed by atoms with E-state index in [1.54, 1.807) is 4.90 Å². The third-order valence-corrected chi connectivity index (χ3v) is 4.54. The SMILES string of the molecule is CC(C)NC(=O)Nc1cccc(CN2C(=O)C(N)CCc3ccccc32)c1. The first kappa shape index (κ1) is 18.9. The lowest BCUT2D eigenvalue weighted by atomic mass is 10.1. The number of amides is 3. The minimum atomic E-state index is -0.504. The molecule has 0 radical (unpaired) electrons. The summed E-state index contributed by atoms with van der Waals surface area (Å²) in [5.41, 5.74) is 9.74. The van der Waals surface area contributed by atoms with Gasteiger partial charge in [0.05, 0.1) is 12.6 Å². The highest BCUT2D eigenvalue weighted by Crippen LogP contribution is 2.28. The number of carbonyl (C=O) groups excluding carboxylic acids is 2. The summed E-state index contributed by atoms with van der Waals surface area (Å²) < 4.78 is 0. The molecular weight excluding hydrogens is 340 g/mol. The second kappa shape index (κ2) is 8.22. The summed E-state index contributed by atoms with van der Waals surface area (Å²) in [5.74, 6) is -0.0733. The number of aryl methyl sites for hydroxylation is 1. The second-order valence-corrected chi connectivity index (χ2v) is 7.15. The minimum Gasteiger partial charge on any atom is -0.336 e. The number of nitrogens with zero attached hydrogens (tertiary/aromatic N) is 1. The van der Waals surface area contributed by atoms with Gasteiger partial charge in [0.1, 0.15) is 0 Å². The Bertz CT molecular complexity index is 834. The molecule has 142 valence electrons. The van der Waals surface area contributed by atoms with Gasteiger partial charge in [-0.25, -0.2) is 4.79 Å². The predicted octanol–water partition coefficient (Wildman–Crippen LogP) is 3.02. The van der Waals surface area contributed by atoms with E-state index in [-0.39, 0.29) is 18.0 Å². The fraction of sp³-hybridized carbons (Fsp3) is 0.333. The van der Waals surface area contributed by atoms with Crippen LogP contribution in [0.4, 0.5) is 16.2 Å². The van der Waals surface area contributed by atoms with Crippen molar-refractivity contribution in [3.05, 3.63) is 59.7 Å². The Morgan fingerprint density at radius 1 is 1.22 bits per heavy atom. The van der Waals surface area contributed by atoms with E-state index < -0.39 is 6.04 Å². The van der Waals surface area contributed by atoms with Crippen LogP contribution in [0.25, 0.3) is 0 Å². The van der Waals surface area contributed by atoms with Crippen molar-refractivity contribution in [1.29, 1.82) is 0 Å². The van der Waals surface area contributed by atoms with Crippen molar-refractivity contribution in [2.75, 3.05) is 10.2 Å². The van der Waals surface area contributed by atoms with Crippen LogP contribution in [0.3, 0.4) is 0 Å². The number of benzene rings is 2. The molecule has 2 aromatic rings. The lowest BCUT2D eigenvalue weighted by molar-refractivity contribution is -0.120. The third kappa shape index (κ3) is 4.65. The molecule has 1 aliphatic heterocycles. The van der Waals surface area contributed by atoms with Gasteiger partial charge in [-0.05, 0) is 56.0 Å². The molecule has 3 amide bonds. The first-order valence-electron chi connectivity index (χ1n) is 9.25. The Kier molecular flexibility index (Phi) is 5.76. The largest absolute Gasteiger partial charge is 0.336 e. The van der Waals surface area contributed by atoms with Crippen LogP contribution in [0, 0.1) is 0 Å². The number of hydrogen-bond acceptors (Lipinski definition) is 3. The molecule has 0 aromatic heterocycles. The number of nitrogens with two attached hydrogens (primary N) is 1. The summed E-state index contributed by atoms with van der Waals surface area (Å²) in [5, 5.41) is 5.62. The topological polar surface area (TPSA) is 87.5 Å². The number of nitrogens with one attached hydrogen (secondary N) is 2. The van der Waals surface area contributed by atoms with Gasteiger partial charge in [0, 0.05) is 17.4 Å². The molecule has 1 atom stereocenters. The van der Waals surface area contributed by atoms with Gasteiger partial charge in [0.25, 0.3) is 0 Å². The van der Waals surface area contributed by atoms with Crippen LogP contribution in [-0.4, -0.2) is 24.0 Å². The van der Waals surface area contributed by atoms with Gasteiger partial charge in [-0.15, -0.1) is 0 Å². The highest BCUT2D eigenvalue weighted by Gasteiger charge is 2.27. The highest BCUT2D eigenvalue weighted by atomic mass is 16.2. The summed E-state index contributed by atoms with van der Waals surface area (Å²) in [7, 11) is 0. The number of urea groups is 1. The van der Waals surface area contributed by atoms with E-state index in [1.165, 1.54) is 0 Å². The van der Waals surface area contributed by atoms with Crippen LogP contribution in [0.5, 0.6) is 0 Å². The summed E-state index contributed by atoms with van der Waals surface area (Å²) >= 11 is 0. The standard InChI is InChI=1S/C21H26N4O2/c1-14(2)23-21(27)24-17-8-5-6-15(12-17)13-25-19-9-4-3-7-16(19)10-11-18(22)20(25)26/h3-9,12,14,18H,10-11,13,22H2,1-2H3,(H2,23,24,27). The van der Waals surface area contributed by atoms with E-state index in [2.05, 4.69) is 10.6 Å². The maximum atomic E-state index is 12.8. The van der Waals surface area contributed by atoms with Gasteiger partial charge in [-0.1, -0.05) is 30.3 Å². The Balaban J connectivity index is 1.82. The fourth-order valence-corrected chi connectivity index (χ4v) is 3.26. The first-order chi connectivity index (χ1) is 12.9. The van der Waals surface area contributed by atoms with Crippen molar-refractivity contribution >= 4 is 23.3 Å². The van der Waals surface area contributed by atoms with Crippen LogP contribution in [-0.2, 0) is 17.8 Å². The molecule has 27 heavy (non-hydrogen) atoms. The maximum absolute atomic E-state index is 12.8. The lowest BCUT2D eigenvalue weighted by Gasteiger charge is -2.25. The molecule has 4 N–H and O–H groups in total. The van der Waals surface area contributed by atoms with Gasteiger partial charge < -0.3 is 21.3 Å². The summed E-state index contributed by atoms with van der Waals surface area (Å²) in [4.78, 5) is 26.5. The second-order valence-electron chi connectivity index (χ2n) is 7.15. The zero-order valence-electron chi connectivity index (χ0n) is 15.7. The zero-order valence-corrected chi connectivity index (χ0v) is 15.7. The number of carbonyl (C=O) groups is 2. The van der Waals surface area contributed by atoms with Crippen molar-refractivity contribution in [1.82, 2.24) is 5.32 Å². The molecular formula is C21H26N4O2. The monoisotopic (exact) mass is 366 g/mol. The van der Waals surface area contributed by atoms with Crippen molar-refractivity contribution in [2.24, 2.45) is 5.73 Å². The van der Waals surface area contributed by atoms with Gasteiger partial charge >= 0.3 is 6.03 Å². The molecule has 0 saturated carbocycles. The molecule has 2 aromatic carbocycles. The molecule has 6 nitrogen and oxygen atoms in total. The molecule has 1 heterocycles. The number of para-hydroxylation sites is 1. The molecule has 0 spiro atoms. The van der Waals surface area contributed by atoms with Gasteiger partial charge in [0.2, 0.25) is 5.91 Å². The van der Waals surface area contributed by atoms with E-state index in [1.807, 2.05) is 62.4 Å². The Morgan fingerprint density at radius 2 is 2.00 bits per heavy atom. The van der Waals surface area contributed by atoms with Gasteiger partial charge in [0.15, 0.2) is 0 Å². The molecule has 0 aliphatic carbocycles. The minimum absolute atomic E-state index is 0.0564. The average Bonchev–Trinajstić information content (AvgIpc) is 2.74. The van der Waals surface area contributed by atoms with E-state index in [9.17, 15) is 9.59 Å². The molecule has 1 unspecified atom stereocenters. The summed E-state index contributed by atoms with van der Waals surface area (Å²) in [6, 6.07) is 14.7. The van der Waals surface area contributed by atoms with Crippen LogP contribution in [0.1, 0.15) is 31.4 Å². The zero-order chi connectivity index (χ0) is 19.4. The Labute approximate surface area is 159 Å². The number of hydrogen-bond donors (Lipinski definition) is 3. The van der Waals surface area contributed by atoms with Gasteiger partial charge in [-0.3, -0.25) is 4.79 Å². The predicted molar refractivity (Wildman–Crippen MR) is 108 cm³/mol.